The lowest BCUT2D eigenvalue weighted by molar-refractivity contribution is -0.134. The molecule has 1 aliphatic rings. The smallest absolute Gasteiger partial charge is 0.225 e. The lowest BCUT2D eigenvalue weighted by Gasteiger charge is -2.35. The van der Waals surface area contributed by atoms with Crippen LogP contribution in [0.25, 0.3) is 0 Å². The average molecular weight is 368 g/mol. The van der Waals surface area contributed by atoms with Crippen molar-refractivity contribution in [2.24, 2.45) is 0 Å². The third kappa shape index (κ3) is 5.22. The highest BCUT2D eigenvalue weighted by atomic mass is 16.2. The lowest BCUT2D eigenvalue weighted by Crippen LogP contribution is -2.49. The van der Waals surface area contributed by atoms with Crippen LogP contribution in [0.3, 0.4) is 0 Å². The van der Waals surface area contributed by atoms with E-state index in [2.05, 4.69) is 19.9 Å². The van der Waals surface area contributed by atoms with Crippen LogP contribution in [0.15, 0.2) is 43.0 Å². The molecule has 0 aromatic carbocycles. The Labute approximate surface area is 158 Å². The van der Waals surface area contributed by atoms with E-state index in [0.717, 1.165) is 5.56 Å². The molecule has 2 amide bonds. The first-order valence-corrected chi connectivity index (χ1v) is 9.07. The average Bonchev–Trinajstić information content (AvgIpc) is 2.72. The van der Waals surface area contributed by atoms with Crippen LogP contribution in [0, 0.1) is 0 Å². The molecule has 142 valence electrons. The predicted octanol–water partition coefficient (Wildman–Crippen LogP) is 0.959. The predicted molar refractivity (Wildman–Crippen MR) is 101 cm³/mol. The topological polar surface area (TPSA) is 82.5 Å². The Morgan fingerprint density at radius 3 is 2.44 bits per heavy atom. The first kappa shape index (κ1) is 18.8. The van der Waals surface area contributed by atoms with Crippen molar-refractivity contribution >= 4 is 17.8 Å². The molecule has 0 spiro atoms. The van der Waals surface area contributed by atoms with Crippen molar-refractivity contribution in [3.63, 3.8) is 0 Å². The van der Waals surface area contributed by atoms with Gasteiger partial charge >= 0.3 is 0 Å². The zero-order chi connectivity index (χ0) is 19.1. The summed E-state index contributed by atoms with van der Waals surface area (Å²) in [6.45, 7) is 5.10. The molecular formula is C19H24N6O2. The van der Waals surface area contributed by atoms with Crippen LogP contribution in [0.4, 0.5) is 5.95 Å². The number of carbonyl (C=O) groups excluding carboxylic acids is 2. The van der Waals surface area contributed by atoms with Crippen molar-refractivity contribution in [2.75, 3.05) is 37.6 Å². The van der Waals surface area contributed by atoms with Gasteiger partial charge in [-0.3, -0.25) is 14.6 Å². The van der Waals surface area contributed by atoms with E-state index in [9.17, 15) is 9.59 Å². The van der Waals surface area contributed by atoms with Gasteiger partial charge in [0.05, 0.1) is 0 Å². The van der Waals surface area contributed by atoms with E-state index in [0.29, 0.717) is 51.6 Å². The van der Waals surface area contributed by atoms with E-state index in [1.807, 2.05) is 17.0 Å². The van der Waals surface area contributed by atoms with Gasteiger partial charge in [-0.15, -0.1) is 0 Å². The third-order valence-corrected chi connectivity index (χ3v) is 4.60. The third-order valence-electron chi connectivity index (χ3n) is 4.60. The Balaban J connectivity index is 1.48. The molecule has 3 heterocycles. The van der Waals surface area contributed by atoms with Crippen molar-refractivity contribution in [3.8, 4) is 0 Å². The van der Waals surface area contributed by atoms with E-state index in [1.54, 1.807) is 35.8 Å². The van der Waals surface area contributed by atoms with Crippen LogP contribution >= 0.6 is 0 Å². The molecule has 0 unspecified atom stereocenters. The van der Waals surface area contributed by atoms with Gasteiger partial charge in [0.2, 0.25) is 17.8 Å². The minimum atomic E-state index is -0.0438. The molecular weight excluding hydrogens is 344 g/mol. The Morgan fingerprint density at radius 1 is 1.07 bits per heavy atom. The number of amides is 2. The molecule has 1 fully saturated rings. The monoisotopic (exact) mass is 368 g/mol. The molecule has 2 aromatic rings. The summed E-state index contributed by atoms with van der Waals surface area (Å²) in [5, 5.41) is 0. The van der Waals surface area contributed by atoms with Gasteiger partial charge in [-0.25, -0.2) is 9.97 Å². The summed E-state index contributed by atoms with van der Waals surface area (Å²) < 4.78 is 0. The number of pyridine rings is 1. The Bertz CT molecular complexity index is 747. The van der Waals surface area contributed by atoms with Crippen LogP contribution in [-0.2, 0) is 16.1 Å². The van der Waals surface area contributed by atoms with E-state index in [4.69, 9.17) is 0 Å². The highest BCUT2D eigenvalue weighted by Gasteiger charge is 2.23. The van der Waals surface area contributed by atoms with Gasteiger partial charge in [0, 0.05) is 77.4 Å². The summed E-state index contributed by atoms with van der Waals surface area (Å²) in [6.07, 6.45) is 7.20. The van der Waals surface area contributed by atoms with Gasteiger partial charge in [-0.2, -0.15) is 0 Å². The molecule has 0 N–H and O–H groups in total. The van der Waals surface area contributed by atoms with Gasteiger partial charge in [0.15, 0.2) is 0 Å². The quantitative estimate of drug-likeness (QED) is 0.755. The molecule has 27 heavy (non-hydrogen) atoms. The summed E-state index contributed by atoms with van der Waals surface area (Å²) in [5.74, 6) is 0.725. The summed E-state index contributed by atoms with van der Waals surface area (Å²) >= 11 is 0. The fourth-order valence-electron chi connectivity index (χ4n) is 3.06. The Hall–Kier alpha value is -3.03. The van der Waals surface area contributed by atoms with Crippen LogP contribution in [-0.4, -0.2) is 69.3 Å². The lowest BCUT2D eigenvalue weighted by atomic mass is 10.2. The highest BCUT2D eigenvalue weighted by molar-refractivity contribution is 5.78. The fourth-order valence-corrected chi connectivity index (χ4v) is 3.06. The standard InChI is InChI=1S/C19H24N6O2/c1-16(26)25(15-17-4-2-6-20-14-17)9-5-18(27)23-10-12-24(13-11-23)19-21-7-3-8-22-19/h2-4,6-8,14H,5,9-13,15H2,1H3. The zero-order valence-corrected chi connectivity index (χ0v) is 15.5. The molecule has 0 saturated carbocycles. The number of anilines is 1. The van der Waals surface area contributed by atoms with Crippen molar-refractivity contribution in [1.29, 1.82) is 0 Å². The number of rotatable bonds is 6. The number of aromatic nitrogens is 3. The summed E-state index contributed by atoms with van der Waals surface area (Å²) in [5.41, 5.74) is 0.955. The van der Waals surface area contributed by atoms with Gasteiger partial charge in [0.1, 0.15) is 0 Å². The van der Waals surface area contributed by atoms with Gasteiger partial charge < -0.3 is 14.7 Å². The summed E-state index contributed by atoms with van der Waals surface area (Å²) in [7, 11) is 0. The molecule has 1 saturated heterocycles. The fraction of sp³-hybridized carbons (Fsp3) is 0.421. The van der Waals surface area contributed by atoms with Crippen molar-refractivity contribution < 1.29 is 9.59 Å². The molecule has 0 atom stereocenters. The molecule has 0 bridgehead atoms. The molecule has 3 rings (SSSR count). The van der Waals surface area contributed by atoms with Crippen LogP contribution < -0.4 is 4.90 Å². The number of piperazine rings is 1. The molecule has 2 aromatic heterocycles. The number of hydrogen-bond donors (Lipinski definition) is 0. The maximum atomic E-state index is 12.5. The SMILES string of the molecule is CC(=O)N(CCC(=O)N1CCN(c2ncccn2)CC1)Cc1cccnc1. The summed E-state index contributed by atoms with van der Waals surface area (Å²) in [6, 6.07) is 5.56. The van der Waals surface area contributed by atoms with E-state index >= 15 is 0 Å². The first-order valence-electron chi connectivity index (χ1n) is 9.07. The second kappa shape index (κ2) is 9.07. The second-order valence-electron chi connectivity index (χ2n) is 6.47. The van der Waals surface area contributed by atoms with Crippen LogP contribution in [0.2, 0.25) is 0 Å². The maximum absolute atomic E-state index is 12.5. The summed E-state index contributed by atoms with van der Waals surface area (Å²) in [4.78, 5) is 42.6. The van der Waals surface area contributed by atoms with Gasteiger partial charge in [0.25, 0.3) is 0 Å². The molecule has 0 aliphatic carbocycles. The minimum absolute atomic E-state index is 0.0438. The molecule has 1 aliphatic heterocycles. The van der Waals surface area contributed by atoms with Gasteiger partial charge in [-0.1, -0.05) is 6.07 Å². The molecule has 0 radical (unpaired) electrons. The van der Waals surface area contributed by atoms with Gasteiger partial charge in [-0.05, 0) is 17.7 Å². The van der Waals surface area contributed by atoms with E-state index in [1.165, 1.54) is 6.92 Å². The maximum Gasteiger partial charge on any atom is 0.225 e. The van der Waals surface area contributed by atoms with Crippen molar-refractivity contribution in [3.05, 3.63) is 48.5 Å². The van der Waals surface area contributed by atoms with E-state index < -0.39 is 0 Å². The van der Waals surface area contributed by atoms with Crippen molar-refractivity contribution in [1.82, 2.24) is 24.8 Å². The number of hydrogen-bond acceptors (Lipinski definition) is 6. The highest BCUT2D eigenvalue weighted by Crippen LogP contribution is 2.11. The molecule has 8 heteroatoms. The van der Waals surface area contributed by atoms with Crippen LogP contribution in [0.1, 0.15) is 18.9 Å². The Kier molecular flexibility index (Phi) is 6.30. The first-order chi connectivity index (χ1) is 13.1. The molecule has 8 nitrogen and oxygen atoms in total. The minimum Gasteiger partial charge on any atom is -0.339 e. The largest absolute Gasteiger partial charge is 0.339 e. The number of nitrogens with zero attached hydrogens (tertiary/aromatic N) is 6. The van der Waals surface area contributed by atoms with Crippen molar-refractivity contribution in [2.45, 2.75) is 19.9 Å². The second-order valence-corrected chi connectivity index (χ2v) is 6.47. The van der Waals surface area contributed by atoms with E-state index in [-0.39, 0.29) is 11.8 Å². The van der Waals surface area contributed by atoms with Crippen LogP contribution in [0.5, 0.6) is 0 Å². The normalized spacial score (nSPS) is 14.1. The number of carbonyl (C=O) groups is 2. The Morgan fingerprint density at radius 2 is 1.81 bits per heavy atom. The zero-order valence-electron chi connectivity index (χ0n) is 15.5.